The van der Waals surface area contributed by atoms with Crippen LogP contribution in [0.3, 0.4) is 0 Å². The number of nitrogens with zero attached hydrogens (tertiary/aromatic N) is 3. The monoisotopic (exact) mass is 360 g/mol. The van der Waals surface area contributed by atoms with Crippen molar-refractivity contribution in [2.75, 3.05) is 0 Å². The highest BCUT2D eigenvalue weighted by Gasteiger charge is 2.30. The van der Waals surface area contributed by atoms with Crippen molar-refractivity contribution in [1.82, 2.24) is 14.9 Å². The van der Waals surface area contributed by atoms with Crippen molar-refractivity contribution in [3.8, 4) is 0 Å². The average molecular weight is 360 g/mol. The van der Waals surface area contributed by atoms with Crippen LogP contribution in [0.1, 0.15) is 35.5 Å². The first-order valence-corrected chi connectivity index (χ1v) is 8.83. The average Bonchev–Trinajstić information content (AvgIpc) is 3.37. The molecule has 1 N–H and O–H groups in total. The van der Waals surface area contributed by atoms with Crippen LogP contribution in [0.15, 0.2) is 78.2 Å². The number of carbonyl (C=O) groups is 1. The van der Waals surface area contributed by atoms with Gasteiger partial charge in [0, 0.05) is 25.9 Å². The second-order valence-corrected chi connectivity index (χ2v) is 6.46. The van der Waals surface area contributed by atoms with Crippen LogP contribution in [0.2, 0.25) is 0 Å². The van der Waals surface area contributed by atoms with Gasteiger partial charge in [0.1, 0.15) is 17.6 Å². The number of carbonyl (C=O) groups excluding carboxylic acids is 1. The molecule has 1 amide bonds. The number of hydrogen-bond acceptors (Lipinski definition) is 4. The van der Waals surface area contributed by atoms with Crippen LogP contribution in [-0.2, 0) is 16.7 Å². The Morgan fingerprint density at radius 1 is 1.15 bits per heavy atom. The largest absolute Gasteiger partial charge is 0.387 e. The van der Waals surface area contributed by atoms with Crippen molar-refractivity contribution in [2.45, 2.75) is 18.6 Å². The number of aromatic nitrogens is 2. The van der Waals surface area contributed by atoms with Gasteiger partial charge in [-0.15, -0.1) is 0 Å². The fourth-order valence-electron chi connectivity index (χ4n) is 3.17. The van der Waals surface area contributed by atoms with Gasteiger partial charge >= 0.3 is 0 Å². The van der Waals surface area contributed by atoms with Crippen molar-refractivity contribution >= 4 is 11.6 Å². The van der Waals surface area contributed by atoms with Gasteiger partial charge in [-0.3, -0.25) is 4.79 Å². The first kappa shape index (κ1) is 17.0. The number of benzene rings is 2. The molecule has 1 aliphatic rings. The molecule has 3 aromatic rings. The van der Waals surface area contributed by atoms with E-state index in [4.69, 9.17) is 4.84 Å². The molecule has 6 nitrogen and oxygen atoms in total. The Morgan fingerprint density at radius 2 is 1.85 bits per heavy atom. The van der Waals surface area contributed by atoms with Crippen LogP contribution >= 0.6 is 0 Å². The first-order valence-electron chi connectivity index (χ1n) is 8.83. The molecular weight excluding hydrogens is 340 g/mol. The number of rotatable bonds is 5. The fourth-order valence-corrected chi connectivity index (χ4v) is 3.17. The lowest BCUT2D eigenvalue weighted by atomic mass is 10.0. The maximum absolute atomic E-state index is 12.9. The third-order valence-corrected chi connectivity index (χ3v) is 4.63. The van der Waals surface area contributed by atoms with Gasteiger partial charge in [0.2, 0.25) is 0 Å². The summed E-state index contributed by atoms with van der Waals surface area (Å²) in [6.07, 6.45) is 3.80. The van der Waals surface area contributed by atoms with Gasteiger partial charge in [0.05, 0.1) is 0 Å². The van der Waals surface area contributed by atoms with Gasteiger partial charge < -0.3 is 14.7 Å². The highest BCUT2D eigenvalue weighted by atomic mass is 16.6. The Morgan fingerprint density at radius 3 is 2.52 bits per heavy atom. The van der Waals surface area contributed by atoms with E-state index in [-0.39, 0.29) is 18.1 Å². The van der Waals surface area contributed by atoms with Crippen LogP contribution in [-0.4, -0.2) is 21.2 Å². The van der Waals surface area contributed by atoms with Gasteiger partial charge in [0.15, 0.2) is 6.10 Å². The predicted octanol–water partition coefficient (Wildman–Crippen LogP) is 3.14. The third-order valence-electron chi connectivity index (χ3n) is 4.63. The second kappa shape index (κ2) is 7.45. The van der Waals surface area contributed by atoms with Crippen molar-refractivity contribution in [3.63, 3.8) is 0 Å². The van der Waals surface area contributed by atoms with E-state index in [1.165, 1.54) is 0 Å². The molecule has 4 rings (SSSR count). The Kier molecular flexibility index (Phi) is 4.70. The summed E-state index contributed by atoms with van der Waals surface area (Å²) >= 11 is 0. The number of imidazole rings is 1. The molecular formula is C21H20N4O2. The number of aryl methyl sites for hydroxylation is 1. The normalized spacial score (nSPS) is 17.1. The second-order valence-electron chi connectivity index (χ2n) is 6.46. The number of amides is 1. The molecule has 2 atom stereocenters. The highest BCUT2D eigenvalue weighted by molar-refractivity contribution is 6.39. The van der Waals surface area contributed by atoms with Gasteiger partial charge in [-0.05, 0) is 11.1 Å². The zero-order valence-corrected chi connectivity index (χ0v) is 14.9. The lowest BCUT2D eigenvalue weighted by Crippen LogP contribution is -2.35. The first-order chi connectivity index (χ1) is 13.2. The lowest BCUT2D eigenvalue weighted by Gasteiger charge is -2.19. The summed E-state index contributed by atoms with van der Waals surface area (Å²) in [4.78, 5) is 22.7. The number of oxime groups is 1. The molecule has 136 valence electrons. The molecule has 0 radical (unpaired) electrons. The summed E-state index contributed by atoms with van der Waals surface area (Å²) in [5.74, 6) is 0.513. The molecule has 2 heterocycles. The quantitative estimate of drug-likeness (QED) is 0.760. The summed E-state index contributed by atoms with van der Waals surface area (Å²) in [7, 11) is 1.91. The van der Waals surface area contributed by atoms with Crippen molar-refractivity contribution in [1.29, 1.82) is 0 Å². The van der Waals surface area contributed by atoms with Crippen LogP contribution in [0, 0.1) is 0 Å². The zero-order valence-electron chi connectivity index (χ0n) is 14.9. The molecule has 0 saturated carbocycles. The van der Waals surface area contributed by atoms with E-state index in [0.29, 0.717) is 12.1 Å². The molecule has 27 heavy (non-hydrogen) atoms. The summed E-state index contributed by atoms with van der Waals surface area (Å²) in [6, 6.07) is 19.2. The summed E-state index contributed by atoms with van der Waals surface area (Å²) < 4.78 is 1.90. The highest BCUT2D eigenvalue weighted by Crippen LogP contribution is 2.28. The minimum absolute atomic E-state index is 0.227. The molecule has 0 fully saturated rings. The van der Waals surface area contributed by atoms with E-state index in [9.17, 15) is 4.79 Å². The number of nitrogens with one attached hydrogen (secondary N) is 1. The molecule has 1 aliphatic heterocycles. The lowest BCUT2D eigenvalue weighted by molar-refractivity contribution is -0.115. The van der Waals surface area contributed by atoms with Crippen LogP contribution < -0.4 is 5.32 Å². The van der Waals surface area contributed by atoms with E-state index < -0.39 is 0 Å². The zero-order chi connectivity index (χ0) is 18.6. The Labute approximate surface area is 157 Å². The molecule has 0 saturated heterocycles. The van der Waals surface area contributed by atoms with Crippen molar-refractivity contribution in [2.24, 2.45) is 12.2 Å². The SMILES string of the molecule is Cn1ccnc1[C@@H](NC(=O)C1=NO[C@H](c2ccccc2)C1)c1ccccc1. The van der Waals surface area contributed by atoms with E-state index in [1.807, 2.05) is 78.5 Å². The Hall–Kier alpha value is -3.41. The predicted molar refractivity (Wildman–Crippen MR) is 102 cm³/mol. The molecule has 6 heteroatoms. The maximum Gasteiger partial charge on any atom is 0.270 e. The standard InChI is InChI=1S/C21H20N4O2/c1-25-13-12-22-20(25)19(16-10-6-3-7-11-16)23-21(26)17-14-18(27-24-17)15-8-4-2-5-9-15/h2-13,18-19H,14H2,1H3,(H,23,26)/t18-,19-/m0/s1. The smallest absolute Gasteiger partial charge is 0.270 e. The van der Waals surface area contributed by atoms with Crippen molar-refractivity contribution in [3.05, 3.63) is 90.0 Å². The minimum Gasteiger partial charge on any atom is -0.387 e. The molecule has 0 bridgehead atoms. The Bertz CT molecular complexity index is 951. The maximum atomic E-state index is 12.9. The Balaban J connectivity index is 1.52. The van der Waals surface area contributed by atoms with Crippen LogP contribution in [0.5, 0.6) is 0 Å². The van der Waals surface area contributed by atoms with E-state index in [2.05, 4.69) is 15.5 Å². The topological polar surface area (TPSA) is 68.5 Å². The third kappa shape index (κ3) is 3.60. The summed E-state index contributed by atoms with van der Waals surface area (Å²) in [5, 5.41) is 7.08. The van der Waals surface area contributed by atoms with Gasteiger partial charge in [0.25, 0.3) is 5.91 Å². The van der Waals surface area contributed by atoms with E-state index in [1.54, 1.807) is 6.20 Å². The van der Waals surface area contributed by atoms with Gasteiger partial charge in [-0.25, -0.2) is 4.98 Å². The molecule has 1 aromatic heterocycles. The summed E-state index contributed by atoms with van der Waals surface area (Å²) in [6.45, 7) is 0. The van der Waals surface area contributed by atoms with E-state index >= 15 is 0 Å². The fraction of sp³-hybridized carbons (Fsp3) is 0.190. The molecule has 0 spiro atoms. The van der Waals surface area contributed by atoms with Crippen molar-refractivity contribution < 1.29 is 9.63 Å². The van der Waals surface area contributed by atoms with Gasteiger partial charge in [-0.1, -0.05) is 65.8 Å². The minimum atomic E-state index is -0.364. The molecule has 0 unspecified atom stereocenters. The van der Waals surface area contributed by atoms with Gasteiger partial charge in [-0.2, -0.15) is 0 Å². The van der Waals surface area contributed by atoms with E-state index in [0.717, 1.165) is 17.0 Å². The van der Waals surface area contributed by atoms with Crippen LogP contribution in [0.25, 0.3) is 0 Å². The summed E-state index contributed by atoms with van der Waals surface area (Å²) in [5.41, 5.74) is 2.35. The van der Waals surface area contributed by atoms with Crippen LogP contribution in [0.4, 0.5) is 0 Å². The number of hydrogen-bond donors (Lipinski definition) is 1. The molecule has 2 aromatic carbocycles. The molecule has 0 aliphatic carbocycles.